The van der Waals surface area contributed by atoms with Crippen molar-refractivity contribution in [1.29, 1.82) is 0 Å². The van der Waals surface area contributed by atoms with Gasteiger partial charge in [-0.25, -0.2) is 0 Å². The first-order valence-electron chi connectivity index (χ1n) is 6.21. The van der Waals surface area contributed by atoms with Crippen LogP contribution in [0.25, 0.3) is 0 Å². The van der Waals surface area contributed by atoms with Crippen LogP contribution in [0.5, 0.6) is 0 Å². The van der Waals surface area contributed by atoms with Crippen LogP contribution in [0.1, 0.15) is 33.1 Å². The van der Waals surface area contributed by atoms with Gasteiger partial charge in [-0.15, -0.1) is 0 Å². The quantitative estimate of drug-likeness (QED) is 0.695. The smallest absolute Gasteiger partial charge is 0.0784 e. The summed E-state index contributed by atoms with van der Waals surface area (Å²) in [6.45, 7) is 4.55. The predicted octanol–water partition coefficient (Wildman–Crippen LogP) is 2.88. The average molecular weight is 228 g/mol. The van der Waals surface area contributed by atoms with Gasteiger partial charge in [-0.05, 0) is 19.8 Å². The van der Waals surface area contributed by atoms with Crippen molar-refractivity contribution in [1.82, 2.24) is 0 Å². The van der Waals surface area contributed by atoms with E-state index in [4.69, 9.17) is 0 Å². The molecule has 0 saturated heterocycles. The van der Waals surface area contributed by atoms with Crippen LogP contribution in [0.4, 0.5) is 0 Å². The van der Waals surface area contributed by atoms with Gasteiger partial charge in [0.05, 0.1) is 9.52 Å². The summed E-state index contributed by atoms with van der Waals surface area (Å²) in [6, 6.07) is 11.0. The molecule has 0 heterocycles. The number of allylic oxidation sites excluding steroid dienone is 4. The Morgan fingerprint density at radius 2 is 1.94 bits per heavy atom. The summed E-state index contributed by atoms with van der Waals surface area (Å²) in [5.41, 5.74) is 3.22. The first-order valence-corrected chi connectivity index (χ1v) is 7.63. The first-order chi connectivity index (χ1) is 7.79. The minimum Gasteiger partial charge on any atom is -0.0784 e. The van der Waals surface area contributed by atoms with Gasteiger partial charge in [0, 0.05) is 0 Å². The lowest BCUT2D eigenvalue weighted by Gasteiger charge is -2.04. The molecule has 0 aliphatic heterocycles. The van der Waals surface area contributed by atoms with Crippen LogP contribution < -0.4 is 5.19 Å². The fourth-order valence-corrected chi connectivity index (χ4v) is 4.30. The van der Waals surface area contributed by atoms with Gasteiger partial charge in [-0.3, -0.25) is 0 Å². The van der Waals surface area contributed by atoms with Crippen LogP contribution in [0.15, 0.2) is 52.8 Å². The molecule has 0 bridgehead atoms. The van der Waals surface area contributed by atoms with Gasteiger partial charge in [0.2, 0.25) is 0 Å². The Bertz CT molecular complexity index is 412. The molecule has 1 aliphatic carbocycles. The highest BCUT2D eigenvalue weighted by Crippen LogP contribution is 2.27. The van der Waals surface area contributed by atoms with Gasteiger partial charge in [0.1, 0.15) is 0 Å². The SMILES string of the molecule is CCCC1=C(C)C=C([SiH2]c2ccccc2)C1. The normalized spacial score (nSPS) is 16.2. The van der Waals surface area contributed by atoms with Crippen molar-refractivity contribution in [3.05, 3.63) is 52.8 Å². The van der Waals surface area contributed by atoms with Crippen molar-refractivity contribution in [2.24, 2.45) is 0 Å². The van der Waals surface area contributed by atoms with E-state index in [1.165, 1.54) is 19.3 Å². The second-order valence-electron chi connectivity index (χ2n) is 4.68. The van der Waals surface area contributed by atoms with Crippen molar-refractivity contribution < 1.29 is 0 Å². The molecule has 1 aromatic carbocycles. The lowest BCUT2D eigenvalue weighted by Crippen LogP contribution is -2.15. The first kappa shape index (κ1) is 11.4. The molecule has 0 amide bonds. The maximum absolute atomic E-state index is 2.45. The van der Waals surface area contributed by atoms with E-state index in [1.54, 1.807) is 21.5 Å². The zero-order chi connectivity index (χ0) is 11.4. The molecule has 16 heavy (non-hydrogen) atoms. The van der Waals surface area contributed by atoms with E-state index in [-0.39, 0.29) is 9.52 Å². The third-order valence-corrected chi connectivity index (χ3v) is 5.03. The Morgan fingerprint density at radius 1 is 1.19 bits per heavy atom. The van der Waals surface area contributed by atoms with Gasteiger partial charge in [0.25, 0.3) is 0 Å². The molecule has 84 valence electrons. The molecule has 0 N–H and O–H groups in total. The molecular weight excluding hydrogens is 208 g/mol. The molecule has 0 nitrogen and oxygen atoms in total. The second kappa shape index (κ2) is 5.31. The Morgan fingerprint density at radius 3 is 2.62 bits per heavy atom. The molecule has 0 spiro atoms. The van der Waals surface area contributed by atoms with E-state index in [0.717, 1.165) is 0 Å². The Balaban J connectivity index is 1.99. The van der Waals surface area contributed by atoms with E-state index in [9.17, 15) is 0 Å². The third kappa shape index (κ3) is 2.73. The number of hydrogen-bond donors (Lipinski definition) is 0. The van der Waals surface area contributed by atoms with Crippen LogP contribution in [0.2, 0.25) is 0 Å². The summed E-state index contributed by atoms with van der Waals surface area (Å²) in [4.78, 5) is 0. The minimum absolute atomic E-state index is 0.196. The molecule has 2 rings (SSSR count). The van der Waals surface area contributed by atoms with Crippen LogP contribution in [-0.4, -0.2) is 9.52 Å². The summed E-state index contributed by atoms with van der Waals surface area (Å²) in [7, 11) is -0.196. The molecule has 1 heteroatoms. The van der Waals surface area contributed by atoms with Gasteiger partial charge >= 0.3 is 0 Å². The molecular formula is C15H20Si. The Kier molecular flexibility index (Phi) is 3.78. The van der Waals surface area contributed by atoms with Crippen molar-refractivity contribution in [3.63, 3.8) is 0 Å². The third-order valence-electron chi connectivity index (χ3n) is 3.24. The van der Waals surface area contributed by atoms with Crippen LogP contribution in [0, 0.1) is 0 Å². The number of hydrogen-bond acceptors (Lipinski definition) is 0. The van der Waals surface area contributed by atoms with E-state index in [1.807, 2.05) is 0 Å². The largest absolute Gasteiger partial charge is 0.0828 e. The monoisotopic (exact) mass is 228 g/mol. The standard InChI is InChI=1S/C15H20Si/c1-3-7-13-11-15(10-12(13)2)16-14-8-5-4-6-9-14/h4-6,8-10H,3,7,11,16H2,1-2H3. The van der Waals surface area contributed by atoms with Gasteiger partial charge in [0.15, 0.2) is 0 Å². The maximum atomic E-state index is 2.45. The van der Waals surface area contributed by atoms with Gasteiger partial charge in [-0.2, -0.15) is 0 Å². The van der Waals surface area contributed by atoms with E-state index < -0.39 is 0 Å². The molecule has 0 atom stereocenters. The number of rotatable bonds is 4. The fraction of sp³-hybridized carbons (Fsp3) is 0.333. The van der Waals surface area contributed by atoms with Crippen LogP contribution >= 0.6 is 0 Å². The van der Waals surface area contributed by atoms with Crippen LogP contribution in [-0.2, 0) is 0 Å². The maximum Gasteiger partial charge on any atom is 0.0828 e. The fourth-order valence-electron chi connectivity index (χ4n) is 2.43. The summed E-state index contributed by atoms with van der Waals surface area (Å²) in [5.74, 6) is 0. The highest BCUT2D eigenvalue weighted by Gasteiger charge is 2.12. The van der Waals surface area contributed by atoms with Gasteiger partial charge in [-0.1, -0.05) is 71.3 Å². The van der Waals surface area contributed by atoms with Crippen molar-refractivity contribution >= 4 is 14.7 Å². The zero-order valence-corrected chi connectivity index (χ0v) is 11.7. The molecule has 0 radical (unpaired) electrons. The summed E-state index contributed by atoms with van der Waals surface area (Å²) < 4.78 is 0. The van der Waals surface area contributed by atoms with E-state index in [0.29, 0.717) is 0 Å². The lowest BCUT2D eigenvalue weighted by molar-refractivity contribution is 0.876. The number of benzene rings is 1. The summed E-state index contributed by atoms with van der Waals surface area (Å²) in [6.07, 6.45) is 6.28. The summed E-state index contributed by atoms with van der Waals surface area (Å²) in [5, 5.41) is 3.28. The van der Waals surface area contributed by atoms with Crippen molar-refractivity contribution in [3.8, 4) is 0 Å². The van der Waals surface area contributed by atoms with E-state index >= 15 is 0 Å². The Hall–Kier alpha value is -1.08. The molecule has 0 unspecified atom stereocenters. The predicted molar refractivity (Wildman–Crippen MR) is 74.9 cm³/mol. The molecule has 0 fully saturated rings. The van der Waals surface area contributed by atoms with E-state index in [2.05, 4.69) is 50.3 Å². The summed E-state index contributed by atoms with van der Waals surface area (Å²) >= 11 is 0. The lowest BCUT2D eigenvalue weighted by atomic mass is 10.1. The second-order valence-corrected chi connectivity index (χ2v) is 6.76. The molecule has 0 aromatic heterocycles. The van der Waals surface area contributed by atoms with Crippen molar-refractivity contribution in [2.45, 2.75) is 33.1 Å². The van der Waals surface area contributed by atoms with Gasteiger partial charge < -0.3 is 0 Å². The molecule has 1 aromatic rings. The molecule has 1 aliphatic rings. The van der Waals surface area contributed by atoms with Crippen LogP contribution in [0.3, 0.4) is 0 Å². The average Bonchev–Trinajstić information content (AvgIpc) is 2.61. The highest BCUT2D eigenvalue weighted by molar-refractivity contribution is 6.61. The zero-order valence-electron chi connectivity index (χ0n) is 10.3. The molecule has 0 saturated carbocycles. The Labute approximate surface area is 101 Å². The topological polar surface area (TPSA) is 0 Å². The highest BCUT2D eigenvalue weighted by atomic mass is 28.2. The van der Waals surface area contributed by atoms with Crippen molar-refractivity contribution in [2.75, 3.05) is 0 Å². The minimum atomic E-state index is -0.196.